The van der Waals surface area contributed by atoms with Gasteiger partial charge in [0.05, 0.1) is 41.1 Å². The Morgan fingerprint density at radius 2 is 0.765 bits per heavy atom. The summed E-state index contributed by atoms with van der Waals surface area (Å²) in [6.07, 6.45) is 0. The van der Waals surface area contributed by atoms with Crippen molar-refractivity contribution in [2.75, 3.05) is 0 Å². The fourth-order valence-corrected chi connectivity index (χ4v) is 6.30. The van der Waals surface area contributed by atoms with Crippen LogP contribution in [0.3, 0.4) is 0 Å². The van der Waals surface area contributed by atoms with Crippen molar-refractivity contribution in [1.29, 1.82) is 0 Å². The number of rotatable bonds is 3. The van der Waals surface area contributed by atoms with Crippen molar-refractivity contribution < 1.29 is 45.5 Å². The minimum absolute atomic E-state index is 0.378. The molecule has 1 aromatic heterocycles. The minimum Gasteiger partial charge on any atom is -0.456 e. The second-order valence-corrected chi connectivity index (χ2v) is 11.3. The Morgan fingerprint density at radius 1 is 0.294 bits per heavy atom. The van der Waals surface area contributed by atoms with E-state index in [1.54, 1.807) is 0 Å². The Hall–Kier alpha value is -6.70. The minimum atomic E-state index is -1.13. The van der Waals surface area contributed by atoms with Gasteiger partial charge in [0, 0.05) is 10.8 Å². The molecule has 51 heavy (non-hydrogen) atoms. The molecule has 236 valence electrons. The van der Waals surface area contributed by atoms with Crippen LogP contribution in [0, 0.1) is 0 Å². The average molecular weight is 677 g/mol. The molecule has 0 bridgehead atoms. The van der Waals surface area contributed by atoms with Gasteiger partial charge >= 0.3 is 0 Å². The van der Waals surface area contributed by atoms with Gasteiger partial charge in [0.2, 0.25) is 0 Å². The lowest BCUT2D eigenvalue weighted by Crippen LogP contribution is -1.91. The first-order valence-electron chi connectivity index (χ1n) is 30.2. The molecule has 1 heteroatoms. The number of furan rings is 1. The molecule has 11 aromatic rings. The van der Waals surface area contributed by atoms with E-state index in [0.717, 1.165) is 0 Å². The largest absolute Gasteiger partial charge is 0.456 e. The van der Waals surface area contributed by atoms with Crippen molar-refractivity contribution in [3.05, 3.63) is 181 Å². The molecule has 0 spiro atoms. The Bertz CT molecular complexity index is 4820. The van der Waals surface area contributed by atoms with E-state index in [2.05, 4.69) is 0 Å². The molecule has 0 amide bonds. The van der Waals surface area contributed by atoms with Crippen LogP contribution in [0.2, 0.25) is 0 Å². The van der Waals surface area contributed by atoms with Crippen molar-refractivity contribution in [1.82, 2.24) is 0 Å². The number of benzene rings is 10. The van der Waals surface area contributed by atoms with Gasteiger partial charge < -0.3 is 4.42 Å². The molecule has 0 atom stereocenters. The molecule has 0 radical (unpaired) electrons. The van der Waals surface area contributed by atoms with Crippen molar-refractivity contribution in [3.63, 3.8) is 0 Å². The van der Waals surface area contributed by atoms with Gasteiger partial charge in [-0.1, -0.05) is 157 Å². The molecule has 0 aliphatic rings. The summed E-state index contributed by atoms with van der Waals surface area (Å²) in [5.74, 6) is 0. The quantitative estimate of drug-likeness (QED) is 0.134. The van der Waals surface area contributed by atoms with Crippen molar-refractivity contribution in [3.8, 4) is 33.4 Å². The third kappa shape index (κ3) is 4.28. The molecule has 0 aliphatic carbocycles. The van der Waals surface area contributed by atoms with Crippen LogP contribution in [0.25, 0.3) is 109 Å². The molecule has 0 fully saturated rings. The van der Waals surface area contributed by atoms with Crippen LogP contribution >= 0.6 is 0 Å². The number of fused-ring (bicyclic) bond motifs is 10. The summed E-state index contributed by atoms with van der Waals surface area (Å²) in [7, 11) is 0. The van der Waals surface area contributed by atoms with Crippen LogP contribution in [-0.4, -0.2) is 0 Å². The standard InChI is InChI=1S/C50H30O/c1-3-11-38-32(9-1)19-22-36-29-37(23-26-39(36)38)49-43-15-7-5-13-41(43)48(42-14-6-8-16-44(42)49)34-20-17-31(18-21-34)35-25-27-46-45(30-35)50-40-12-4-2-10-33(40)24-28-47(50)51-46/h1-30H/i1D,2D,3D,4D,5D,6D,7D,8D,9D,10D,11D,12D,13D,14D,15D,16D,17D,18D,19D,20D,21D,22D,23D,24D,25D,26D,27D,28D,29D,30D. The molecule has 0 unspecified atom stereocenters. The Morgan fingerprint density at radius 3 is 1.47 bits per heavy atom. The summed E-state index contributed by atoms with van der Waals surface area (Å²) >= 11 is 0. The molecule has 0 saturated heterocycles. The third-order valence-electron chi connectivity index (χ3n) is 8.51. The van der Waals surface area contributed by atoms with Gasteiger partial charge in [-0.15, -0.1) is 0 Å². The molecule has 1 heterocycles. The molecule has 11 rings (SSSR count). The zero-order chi connectivity index (χ0) is 59.6. The zero-order valence-corrected chi connectivity index (χ0v) is 25.4. The lowest BCUT2D eigenvalue weighted by molar-refractivity contribution is 0.669. The predicted molar refractivity (Wildman–Crippen MR) is 218 cm³/mol. The van der Waals surface area contributed by atoms with Gasteiger partial charge in [-0.25, -0.2) is 0 Å². The van der Waals surface area contributed by atoms with Crippen LogP contribution in [-0.2, 0) is 0 Å². The van der Waals surface area contributed by atoms with E-state index in [1.807, 2.05) is 0 Å². The highest BCUT2D eigenvalue weighted by Crippen LogP contribution is 2.45. The van der Waals surface area contributed by atoms with E-state index in [0.29, 0.717) is 0 Å². The van der Waals surface area contributed by atoms with E-state index < -0.39 is 285 Å². The summed E-state index contributed by atoms with van der Waals surface area (Å²) < 4.78 is 278. The number of hydrogen-bond donors (Lipinski definition) is 0. The number of hydrogen-bond acceptors (Lipinski definition) is 1. The van der Waals surface area contributed by atoms with Crippen LogP contribution in [0.1, 0.15) is 41.1 Å². The molecule has 0 aliphatic heterocycles. The van der Waals surface area contributed by atoms with Crippen LogP contribution in [0.5, 0.6) is 0 Å². The molecule has 10 aromatic carbocycles. The van der Waals surface area contributed by atoms with Gasteiger partial charge in [0.1, 0.15) is 11.2 Å². The predicted octanol–water partition coefficient (Wildman–Crippen LogP) is 14.4. The van der Waals surface area contributed by atoms with Crippen LogP contribution in [0.15, 0.2) is 186 Å². The maximum Gasteiger partial charge on any atom is 0.136 e. The van der Waals surface area contributed by atoms with Gasteiger partial charge in [0.15, 0.2) is 0 Å². The SMILES string of the molecule is [2H]c1c([2H])c(-c2c3c([2H])c([2H])c([2H])c([2H])c3c(-c3c([2H])c([2H])c4c(c3[2H])c([2H])c([2H])c3c([2H])c([2H])c([2H])c([2H])c34)c3c([2H])c([2H])c([2H])c([2H])c23)c([2H])c([2H])c1-c1c([2H])c([2H])c2oc3c([2H])c([2H])c4c([2H])c([2H])c([2H])c([2H])c4c3c2c1[2H]. The summed E-state index contributed by atoms with van der Waals surface area (Å²) in [5.41, 5.74) is -6.04. The average Bonchev–Trinajstić information content (AvgIpc) is 4.03. The maximum absolute atomic E-state index is 9.72. The first kappa shape index (κ1) is 11.7. The highest BCUT2D eigenvalue weighted by atomic mass is 16.3. The summed E-state index contributed by atoms with van der Waals surface area (Å²) in [6.45, 7) is 0. The van der Waals surface area contributed by atoms with Gasteiger partial charge in [0.25, 0.3) is 0 Å². The van der Waals surface area contributed by atoms with E-state index in [9.17, 15) is 16.4 Å². The second kappa shape index (κ2) is 10.9. The molecular weight excluding hydrogens is 617 g/mol. The lowest BCUT2D eigenvalue weighted by Gasteiger charge is -2.18. The second-order valence-electron chi connectivity index (χ2n) is 11.3. The van der Waals surface area contributed by atoms with Crippen molar-refractivity contribution in [2.45, 2.75) is 0 Å². The van der Waals surface area contributed by atoms with E-state index in [4.69, 9.17) is 29.1 Å². The van der Waals surface area contributed by atoms with Gasteiger partial charge in [-0.2, -0.15) is 0 Å². The topological polar surface area (TPSA) is 13.1 Å². The first-order valence-corrected chi connectivity index (χ1v) is 15.2. The summed E-state index contributed by atoms with van der Waals surface area (Å²) in [5, 5.41) is -7.14. The van der Waals surface area contributed by atoms with Crippen molar-refractivity contribution in [2.24, 2.45) is 0 Å². The van der Waals surface area contributed by atoms with E-state index >= 15 is 0 Å². The highest BCUT2D eigenvalue weighted by Gasteiger charge is 2.18. The zero-order valence-electron chi connectivity index (χ0n) is 55.4. The normalized spacial score (nSPS) is 20.2. The van der Waals surface area contributed by atoms with E-state index in [-0.39, 0.29) is 5.39 Å². The highest BCUT2D eigenvalue weighted by molar-refractivity contribution is 6.22. The monoisotopic (exact) mass is 676 g/mol. The molecular formula is C50H30O. The fourth-order valence-electron chi connectivity index (χ4n) is 6.30. The fraction of sp³-hybridized carbons (Fsp3) is 0. The Labute approximate surface area is 336 Å². The van der Waals surface area contributed by atoms with Gasteiger partial charge in [-0.3, -0.25) is 0 Å². The Balaban J connectivity index is 1.33. The molecule has 0 saturated carbocycles. The third-order valence-corrected chi connectivity index (χ3v) is 8.51. The molecule has 0 N–H and O–H groups in total. The summed E-state index contributed by atoms with van der Waals surface area (Å²) in [4.78, 5) is 0. The summed E-state index contributed by atoms with van der Waals surface area (Å²) in [6, 6.07) is -27.7. The van der Waals surface area contributed by atoms with Crippen LogP contribution < -0.4 is 0 Å². The lowest BCUT2D eigenvalue weighted by atomic mass is 9.85. The molecule has 1 nitrogen and oxygen atoms in total. The Kier molecular flexibility index (Phi) is 2.50. The smallest absolute Gasteiger partial charge is 0.136 e. The first-order chi connectivity index (χ1) is 37.8. The van der Waals surface area contributed by atoms with E-state index in [1.165, 1.54) is 0 Å². The maximum atomic E-state index is 9.72. The van der Waals surface area contributed by atoms with Gasteiger partial charge in [-0.05, 0) is 111 Å². The van der Waals surface area contributed by atoms with Crippen molar-refractivity contribution >= 4 is 75.8 Å². The van der Waals surface area contributed by atoms with Crippen LogP contribution in [0.4, 0.5) is 0 Å².